The molecule has 2 rings (SSSR count). The molecule has 0 fully saturated rings. The molecule has 1 aromatic carbocycles. The summed E-state index contributed by atoms with van der Waals surface area (Å²) in [5.74, 6) is -0.985. The van der Waals surface area contributed by atoms with Gasteiger partial charge < -0.3 is 5.32 Å². The molecular formula is C15H14N2O2. The number of amides is 1. The molecule has 0 bridgehead atoms. The zero-order valence-corrected chi connectivity index (χ0v) is 10.4. The molecule has 0 aliphatic heterocycles. The zero-order chi connectivity index (χ0) is 13.5. The molecule has 0 atom stereocenters. The van der Waals surface area contributed by atoms with Crippen molar-refractivity contribution in [2.45, 2.75) is 13.0 Å². The molecule has 0 aliphatic rings. The van der Waals surface area contributed by atoms with Crippen LogP contribution in [0.1, 0.15) is 11.1 Å². The van der Waals surface area contributed by atoms with E-state index in [4.69, 9.17) is 0 Å². The van der Waals surface area contributed by atoms with E-state index in [1.165, 1.54) is 0 Å². The molecule has 1 amide bonds. The highest BCUT2D eigenvalue weighted by Crippen LogP contribution is 2.01. The van der Waals surface area contributed by atoms with Crippen LogP contribution in [0.25, 0.3) is 0 Å². The molecule has 4 nitrogen and oxygen atoms in total. The first-order valence-corrected chi connectivity index (χ1v) is 5.99. The van der Waals surface area contributed by atoms with Crippen molar-refractivity contribution in [2.24, 2.45) is 0 Å². The number of carbonyl (C=O) groups excluding carboxylic acids is 2. The predicted octanol–water partition coefficient (Wildman–Crippen LogP) is 1.51. The van der Waals surface area contributed by atoms with Crippen LogP contribution in [-0.4, -0.2) is 16.7 Å². The van der Waals surface area contributed by atoms with E-state index in [2.05, 4.69) is 10.3 Å². The largest absolute Gasteiger partial charge is 0.345 e. The lowest BCUT2D eigenvalue weighted by Crippen LogP contribution is -2.31. The molecule has 0 unspecified atom stereocenters. The maximum absolute atomic E-state index is 11.7. The summed E-state index contributed by atoms with van der Waals surface area (Å²) < 4.78 is 0. The minimum absolute atomic E-state index is 0.128. The summed E-state index contributed by atoms with van der Waals surface area (Å²) in [5.41, 5.74) is 1.75. The number of hydrogen-bond acceptors (Lipinski definition) is 3. The SMILES string of the molecule is O=C(Cc1ccccc1)C(=O)NCc1ccncc1. The molecule has 4 heteroatoms. The van der Waals surface area contributed by atoms with Crippen LogP contribution in [0, 0.1) is 0 Å². The second-order valence-corrected chi connectivity index (χ2v) is 4.12. The minimum atomic E-state index is -0.555. The van der Waals surface area contributed by atoms with E-state index >= 15 is 0 Å². The Bertz CT molecular complexity index is 553. The van der Waals surface area contributed by atoms with Crippen LogP contribution in [0.15, 0.2) is 54.9 Å². The molecule has 0 saturated heterocycles. The fraction of sp³-hybridized carbons (Fsp3) is 0.133. The predicted molar refractivity (Wildman–Crippen MR) is 71.2 cm³/mol. The fourth-order valence-electron chi connectivity index (χ4n) is 1.64. The van der Waals surface area contributed by atoms with E-state index in [-0.39, 0.29) is 6.42 Å². The van der Waals surface area contributed by atoms with Crippen molar-refractivity contribution in [3.8, 4) is 0 Å². The maximum atomic E-state index is 11.7. The summed E-state index contributed by atoms with van der Waals surface area (Å²) in [5, 5.41) is 2.60. The van der Waals surface area contributed by atoms with Gasteiger partial charge in [0.25, 0.3) is 5.91 Å². The fourth-order valence-corrected chi connectivity index (χ4v) is 1.64. The maximum Gasteiger partial charge on any atom is 0.287 e. The first kappa shape index (κ1) is 13.0. The van der Waals surface area contributed by atoms with Gasteiger partial charge in [-0.1, -0.05) is 30.3 Å². The number of Topliss-reactive ketones (excluding diaryl/α,β-unsaturated/α-hetero) is 1. The molecule has 0 saturated carbocycles. The van der Waals surface area contributed by atoms with Crippen LogP contribution in [0.4, 0.5) is 0 Å². The minimum Gasteiger partial charge on any atom is -0.345 e. The summed E-state index contributed by atoms with van der Waals surface area (Å²) >= 11 is 0. The van der Waals surface area contributed by atoms with E-state index in [0.717, 1.165) is 11.1 Å². The van der Waals surface area contributed by atoms with Crippen molar-refractivity contribution >= 4 is 11.7 Å². The lowest BCUT2D eigenvalue weighted by atomic mass is 10.1. The summed E-state index contributed by atoms with van der Waals surface area (Å²) in [6.45, 7) is 0.335. The van der Waals surface area contributed by atoms with Crippen molar-refractivity contribution in [1.29, 1.82) is 0 Å². The van der Waals surface area contributed by atoms with E-state index in [1.54, 1.807) is 24.5 Å². The number of hydrogen-bond donors (Lipinski definition) is 1. The summed E-state index contributed by atoms with van der Waals surface area (Å²) in [6.07, 6.45) is 3.42. The van der Waals surface area contributed by atoms with Crippen LogP contribution in [-0.2, 0) is 22.6 Å². The molecular weight excluding hydrogens is 240 g/mol. The van der Waals surface area contributed by atoms with Gasteiger partial charge in [0, 0.05) is 25.4 Å². The van der Waals surface area contributed by atoms with Crippen LogP contribution in [0.2, 0.25) is 0 Å². The van der Waals surface area contributed by atoms with E-state index in [9.17, 15) is 9.59 Å². The highest BCUT2D eigenvalue weighted by atomic mass is 16.2. The average molecular weight is 254 g/mol. The van der Waals surface area contributed by atoms with Gasteiger partial charge in [0.05, 0.1) is 0 Å². The van der Waals surface area contributed by atoms with Gasteiger partial charge in [0.1, 0.15) is 0 Å². The Morgan fingerprint density at radius 3 is 2.32 bits per heavy atom. The number of carbonyl (C=O) groups is 2. The van der Waals surface area contributed by atoms with Crippen LogP contribution in [0.5, 0.6) is 0 Å². The van der Waals surface area contributed by atoms with E-state index in [0.29, 0.717) is 6.54 Å². The molecule has 1 aromatic heterocycles. The average Bonchev–Trinajstić information content (AvgIpc) is 2.47. The number of pyridine rings is 1. The Kier molecular flexibility index (Phi) is 4.39. The Morgan fingerprint density at radius 1 is 0.947 bits per heavy atom. The van der Waals surface area contributed by atoms with Crippen molar-refractivity contribution in [1.82, 2.24) is 10.3 Å². The molecule has 0 radical (unpaired) electrons. The van der Waals surface area contributed by atoms with E-state index < -0.39 is 11.7 Å². The lowest BCUT2D eigenvalue weighted by molar-refractivity contribution is -0.137. The number of aromatic nitrogens is 1. The van der Waals surface area contributed by atoms with Crippen molar-refractivity contribution in [2.75, 3.05) is 0 Å². The van der Waals surface area contributed by atoms with E-state index in [1.807, 2.05) is 30.3 Å². The van der Waals surface area contributed by atoms with Gasteiger partial charge in [-0.15, -0.1) is 0 Å². The topological polar surface area (TPSA) is 59.1 Å². The van der Waals surface area contributed by atoms with Gasteiger partial charge in [0.15, 0.2) is 0 Å². The summed E-state index contributed by atoms with van der Waals surface area (Å²) in [6, 6.07) is 12.8. The Balaban J connectivity index is 1.85. The summed E-state index contributed by atoms with van der Waals surface area (Å²) in [7, 11) is 0. The van der Waals surface area contributed by atoms with Crippen molar-refractivity contribution < 1.29 is 9.59 Å². The van der Waals surface area contributed by atoms with Crippen LogP contribution < -0.4 is 5.32 Å². The highest BCUT2D eigenvalue weighted by molar-refractivity contribution is 6.36. The Labute approximate surface area is 111 Å². The summed E-state index contributed by atoms with van der Waals surface area (Å²) in [4.78, 5) is 27.2. The quantitative estimate of drug-likeness (QED) is 0.823. The van der Waals surface area contributed by atoms with Gasteiger partial charge in [-0.3, -0.25) is 14.6 Å². The zero-order valence-electron chi connectivity index (χ0n) is 10.4. The van der Waals surface area contributed by atoms with Crippen molar-refractivity contribution in [3.63, 3.8) is 0 Å². The van der Waals surface area contributed by atoms with Gasteiger partial charge in [-0.25, -0.2) is 0 Å². The number of nitrogens with zero attached hydrogens (tertiary/aromatic N) is 1. The van der Waals surface area contributed by atoms with Crippen molar-refractivity contribution in [3.05, 3.63) is 66.0 Å². The number of rotatable bonds is 5. The normalized spacial score (nSPS) is 9.89. The van der Waals surface area contributed by atoms with Gasteiger partial charge in [-0.2, -0.15) is 0 Å². The first-order chi connectivity index (χ1) is 9.25. The molecule has 0 aliphatic carbocycles. The van der Waals surface area contributed by atoms with Crippen LogP contribution >= 0.6 is 0 Å². The molecule has 96 valence electrons. The second-order valence-electron chi connectivity index (χ2n) is 4.12. The number of nitrogens with one attached hydrogen (secondary N) is 1. The smallest absolute Gasteiger partial charge is 0.287 e. The lowest BCUT2D eigenvalue weighted by Gasteiger charge is -2.04. The molecule has 1 heterocycles. The Morgan fingerprint density at radius 2 is 1.63 bits per heavy atom. The monoisotopic (exact) mass is 254 g/mol. The highest BCUT2D eigenvalue weighted by Gasteiger charge is 2.13. The molecule has 19 heavy (non-hydrogen) atoms. The van der Waals surface area contributed by atoms with Gasteiger partial charge in [0.2, 0.25) is 5.78 Å². The first-order valence-electron chi connectivity index (χ1n) is 5.99. The third-order valence-electron chi connectivity index (χ3n) is 2.66. The molecule has 2 aromatic rings. The molecule has 1 N–H and O–H groups in total. The molecule has 0 spiro atoms. The Hall–Kier alpha value is -2.49. The number of ketones is 1. The second kappa shape index (κ2) is 6.44. The van der Waals surface area contributed by atoms with Gasteiger partial charge >= 0.3 is 0 Å². The van der Waals surface area contributed by atoms with Gasteiger partial charge in [-0.05, 0) is 23.3 Å². The standard InChI is InChI=1S/C15H14N2O2/c18-14(10-12-4-2-1-3-5-12)15(19)17-11-13-6-8-16-9-7-13/h1-9H,10-11H2,(H,17,19). The third kappa shape index (κ3) is 4.03. The van der Waals surface area contributed by atoms with Crippen LogP contribution in [0.3, 0.4) is 0 Å². The number of benzene rings is 1. The third-order valence-corrected chi connectivity index (χ3v) is 2.66.